The van der Waals surface area contributed by atoms with E-state index in [9.17, 15) is 0 Å². The smallest absolute Gasteiger partial charge is 0.184 e. The van der Waals surface area contributed by atoms with Crippen molar-refractivity contribution in [3.05, 3.63) is 35.9 Å². The molecule has 2 atom stereocenters. The molecular weight excluding hydrogens is 188 g/mol. The van der Waals surface area contributed by atoms with Crippen molar-refractivity contribution in [2.45, 2.75) is 45.2 Å². The van der Waals surface area contributed by atoms with Crippen LogP contribution in [0.2, 0.25) is 0 Å². The van der Waals surface area contributed by atoms with E-state index in [-0.39, 0.29) is 18.0 Å². The molecule has 0 aliphatic carbocycles. The molecule has 2 heteroatoms. The molecule has 1 aliphatic rings. The minimum Gasteiger partial charge on any atom is -0.345 e. The average Bonchev–Trinajstić information content (AvgIpc) is 2.16. The maximum atomic E-state index is 5.91. The molecule has 2 nitrogen and oxygen atoms in total. The van der Waals surface area contributed by atoms with Crippen LogP contribution in [-0.4, -0.2) is 11.7 Å². The van der Waals surface area contributed by atoms with Crippen molar-refractivity contribution >= 4 is 0 Å². The zero-order chi connectivity index (χ0) is 10.9. The van der Waals surface area contributed by atoms with Crippen molar-refractivity contribution in [1.82, 2.24) is 0 Å². The van der Waals surface area contributed by atoms with Gasteiger partial charge in [-0.25, -0.2) is 0 Å². The average molecular weight is 206 g/mol. The van der Waals surface area contributed by atoms with Crippen molar-refractivity contribution in [1.29, 1.82) is 0 Å². The number of rotatable bonds is 1. The summed E-state index contributed by atoms with van der Waals surface area (Å²) < 4.78 is 11.7. The third-order valence-electron chi connectivity index (χ3n) is 2.63. The summed E-state index contributed by atoms with van der Waals surface area (Å²) in [6.45, 7) is 6.32. The molecule has 0 radical (unpaired) electrons. The topological polar surface area (TPSA) is 18.5 Å². The first-order valence-electron chi connectivity index (χ1n) is 5.45. The predicted octanol–water partition coefficient (Wildman–Crippen LogP) is 3.29. The highest BCUT2D eigenvalue weighted by Gasteiger charge is 2.33. The minimum atomic E-state index is -0.218. The van der Waals surface area contributed by atoms with E-state index < -0.39 is 0 Å². The van der Waals surface area contributed by atoms with Gasteiger partial charge in [-0.15, -0.1) is 0 Å². The third kappa shape index (κ3) is 2.58. The van der Waals surface area contributed by atoms with Crippen LogP contribution in [0.25, 0.3) is 0 Å². The van der Waals surface area contributed by atoms with Crippen molar-refractivity contribution in [2.24, 2.45) is 0 Å². The highest BCUT2D eigenvalue weighted by atomic mass is 16.7. The second-order valence-corrected chi connectivity index (χ2v) is 4.77. The van der Waals surface area contributed by atoms with Gasteiger partial charge in [-0.2, -0.15) is 0 Å². The van der Waals surface area contributed by atoms with E-state index in [4.69, 9.17) is 9.47 Å². The maximum absolute atomic E-state index is 5.91. The van der Waals surface area contributed by atoms with Crippen molar-refractivity contribution in [3.8, 4) is 0 Å². The lowest BCUT2D eigenvalue weighted by Gasteiger charge is -2.39. The summed E-state index contributed by atoms with van der Waals surface area (Å²) in [6.07, 6.45) is 0.972. The van der Waals surface area contributed by atoms with Gasteiger partial charge in [0.25, 0.3) is 0 Å². The molecule has 0 aromatic heterocycles. The molecule has 0 unspecified atom stereocenters. The molecule has 82 valence electrons. The zero-order valence-corrected chi connectivity index (χ0v) is 9.57. The van der Waals surface area contributed by atoms with Crippen molar-refractivity contribution in [3.63, 3.8) is 0 Å². The summed E-state index contributed by atoms with van der Waals surface area (Å²) in [5.41, 5.74) is 0.996. The van der Waals surface area contributed by atoms with E-state index in [1.807, 2.05) is 30.3 Å². The molecule has 0 N–H and O–H groups in total. The number of hydrogen-bond acceptors (Lipinski definition) is 2. The Labute approximate surface area is 91.2 Å². The van der Waals surface area contributed by atoms with Crippen LogP contribution in [0.4, 0.5) is 0 Å². The standard InChI is InChI=1S/C13H18O2/c1-10-9-13(2,3)15-12(14-10)11-7-5-4-6-8-11/h4-8,10,12H,9H2,1-3H3/t10-,12-/m0/s1. The van der Waals surface area contributed by atoms with E-state index in [0.29, 0.717) is 0 Å². The Hall–Kier alpha value is -0.860. The molecule has 1 aliphatic heterocycles. The van der Waals surface area contributed by atoms with Gasteiger partial charge in [0.05, 0.1) is 11.7 Å². The lowest BCUT2D eigenvalue weighted by molar-refractivity contribution is -0.273. The highest BCUT2D eigenvalue weighted by Crippen LogP contribution is 2.35. The van der Waals surface area contributed by atoms with Gasteiger partial charge in [0, 0.05) is 12.0 Å². The van der Waals surface area contributed by atoms with Gasteiger partial charge < -0.3 is 9.47 Å². The van der Waals surface area contributed by atoms with Crippen LogP contribution >= 0.6 is 0 Å². The summed E-state index contributed by atoms with van der Waals surface area (Å²) >= 11 is 0. The molecule has 1 aromatic rings. The molecule has 0 amide bonds. The Kier molecular flexibility index (Phi) is 2.81. The van der Waals surface area contributed by atoms with E-state index in [0.717, 1.165) is 12.0 Å². The molecule has 1 saturated heterocycles. The van der Waals surface area contributed by atoms with Gasteiger partial charge in [0.15, 0.2) is 6.29 Å². The second kappa shape index (κ2) is 3.95. The zero-order valence-electron chi connectivity index (χ0n) is 9.57. The van der Waals surface area contributed by atoms with Crippen LogP contribution in [0.1, 0.15) is 39.0 Å². The van der Waals surface area contributed by atoms with Crippen molar-refractivity contribution in [2.75, 3.05) is 0 Å². The van der Waals surface area contributed by atoms with E-state index in [1.165, 1.54) is 0 Å². The molecule has 1 fully saturated rings. The van der Waals surface area contributed by atoms with E-state index >= 15 is 0 Å². The molecular formula is C13H18O2. The summed E-state index contributed by atoms with van der Waals surface area (Å²) in [6, 6.07) is 10.1. The second-order valence-electron chi connectivity index (χ2n) is 4.77. The normalized spacial score (nSPS) is 30.1. The predicted molar refractivity (Wildman–Crippen MR) is 59.5 cm³/mol. The van der Waals surface area contributed by atoms with Crippen molar-refractivity contribution < 1.29 is 9.47 Å². The van der Waals surface area contributed by atoms with Crippen LogP contribution in [0.5, 0.6) is 0 Å². The minimum absolute atomic E-state index is 0.0990. The molecule has 0 bridgehead atoms. The lowest BCUT2D eigenvalue weighted by atomic mass is 9.99. The van der Waals surface area contributed by atoms with Gasteiger partial charge in [0.1, 0.15) is 0 Å². The largest absolute Gasteiger partial charge is 0.345 e. The van der Waals surface area contributed by atoms with Gasteiger partial charge in [-0.05, 0) is 20.8 Å². The van der Waals surface area contributed by atoms with Crippen LogP contribution in [0.3, 0.4) is 0 Å². The van der Waals surface area contributed by atoms with Crippen LogP contribution < -0.4 is 0 Å². The van der Waals surface area contributed by atoms with Gasteiger partial charge >= 0.3 is 0 Å². The third-order valence-corrected chi connectivity index (χ3v) is 2.63. The number of ether oxygens (including phenoxy) is 2. The summed E-state index contributed by atoms with van der Waals surface area (Å²) in [4.78, 5) is 0. The number of benzene rings is 1. The summed E-state index contributed by atoms with van der Waals surface area (Å²) in [7, 11) is 0. The molecule has 1 aromatic carbocycles. The Bertz CT molecular complexity index is 319. The van der Waals surface area contributed by atoms with Gasteiger partial charge in [-0.3, -0.25) is 0 Å². The van der Waals surface area contributed by atoms with E-state index in [2.05, 4.69) is 20.8 Å². The molecule has 15 heavy (non-hydrogen) atoms. The summed E-state index contributed by atoms with van der Waals surface area (Å²) in [5.74, 6) is 0. The fourth-order valence-electron chi connectivity index (χ4n) is 2.07. The Morgan fingerprint density at radius 2 is 1.87 bits per heavy atom. The highest BCUT2D eigenvalue weighted by molar-refractivity contribution is 5.16. The first-order valence-corrected chi connectivity index (χ1v) is 5.45. The number of hydrogen-bond donors (Lipinski definition) is 0. The lowest BCUT2D eigenvalue weighted by Crippen LogP contribution is -2.38. The molecule has 2 rings (SSSR count). The van der Waals surface area contributed by atoms with Crippen LogP contribution in [-0.2, 0) is 9.47 Å². The quantitative estimate of drug-likeness (QED) is 0.702. The Morgan fingerprint density at radius 3 is 2.47 bits per heavy atom. The SMILES string of the molecule is C[C@H]1CC(C)(C)O[C@@H](c2ccccc2)O1. The first kappa shape index (κ1) is 10.7. The molecule has 0 spiro atoms. The fourth-order valence-corrected chi connectivity index (χ4v) is 2.07. The van der Waals surface area contributed by atoms with Gasteiger partial charge in [0.2, 0.25) is 0 Å². The van der Waals surface area contributed by atoms with E-state index in [1.54, 1.807) is 0 Å². The monoisotopic (exact) mass is 206 g/mol. The van der Waals surface area contributed by atoms with Crippen LogP contribution in [0.15, 0.2) is 30.3 Å². The maximum Gasteiger partial charge on any atom is 0.184 e. The molecule has 1 heterocycles. The van der Waals surface area contributed by atoms with Crippen LogP contribution in [0, 0.1) is 0 Å². The van der Waals surface area contributed by atoms with Gasteiger partial charge in [-0.1, -0.05) is 30.3 Å². The Balaban J connectivity index is 2.17. The molecule has 0 saturated carbocycles. The Morgan fingerprint density at radius 1 is 1.20 bits per heavy atom. The summed E-state index contributed by atoms with van der Waals surface area (Å²) in [5, 5.41) is 0. The first-order chi connectivity index (χ1) is 7.07. The fraction of sp³-hybridized carbons (Fsp3) is 0.538.